The van der Waals surface area contributed by atoms with Gasteiger partial charge in [-0.2, -0.15) is 10.1 Å². The van der Waals surface area contributed by atoms with Crippen LogP contribution in [0.5, 0.6) is 0 Å². The zero-order valence-corrected chi connectivity index (χ0v) is 13.1. The molecular weight excluding hydrogens is 314 g/mol. The molecule has 1 atom stereocenters. The third-order valence-electron chi connectivity index (χ3n) is 3.37. The third-order valence-corrected chi connectivity index (χ3v) is 4.70. The number of nitrogens with zero attached hydrogens (tertiary/aromatic N) is 3. The number of carbonyl (C=O) groups excluding carboxylic acids is 1. The topological polar surface area (TPSA) is 75.8 Å². The van der Waals surface area contributed by atoms with Crippen molar-refractivity contribution in [3.63, 3.8) is 0 Å². The van der Waals surface area contributed by atoms with Crippen molar-refractivity contribution in [3.8, 4) is 0 Å². The van der Waals surface area contributed by atoms with Crippen molar-refractivity contribution in [2.24, 2.45) is 5.10 Å². The van der Waals surface area contributed by atoms with Crippen molar-refractivity contribution in [3.05, 3.63) is 64.7 Å². The van der Waals surface area contributed by atoms with E-state index < -0.39 is 10.2 Å². The number of thioether (sulfide) groups is 1. The first kappa shape index (κ1) is 15.2. The third kappa shape index (κ3) is 3.09. The second kappa shape index (κ2) is 6.21. The van der Waals surface area contributed by atoms with Crippen LogP contribution in [-0.2, 0) is 4.79 Å². The average Bonchev–Trinajstić information content (AvgIpc) is 2.84. The lowest BCUT2D eigenvalue weighted by Crippen LogP contribution is -2.28. The highest BCUT2D eigenvalue weighted by Crippen LogP contribution is 2.32. The van der Waals surface area contributed by atoms with Crippen molar-refractivity contribution in [1.82, 2.24) is 0 Å². The first-order valence-electron chi connectivity index (χ1n) is 6.91. The summed E-state index contributed by atoms with van der Waals surface area (Å²) in [5, 5.41) is 16.0. The van der Waals surface area contributed by atoms with Crippen LogP contribution in [0.1, 0.15) is 6.92 Å². The molecule has 0 fully saturated rings. The molecular formula is C16H13N3O3S. The van der Waals surface area contributed by atoms with E-state index in [9.17, 15) is 14.9 Å². The van der Waals surface area contributed by atoms with Gasteiger partial charge in [0.2, 0.25) is 0 Å². The van der Waals surface area contributed by atoms with Gasteiger partial charge in [-0.3, -0.25) is 14.9 Å². The molecule has 0 aliphatic carbocycles. The Labute approximate surface area is 137 Å². The normalized spacial score (nSPS) is 17.3. The maximum Gasteiger partial charge on any atom is 0.269 e. The molecule has 0 saturated carbocycles. The molecule has 0 unspecified atom stereocenters. The van der Waals surface area contributed by atoms with Crippen molar-refractivity contribution in [2.75, 3.05) is 5.01 Å². The lowest BCUT2D eigenvalue weighted by atomic mass is 10.3. The van der Waals surface area contributed by atoms with Crippen molar-refractivity contribution in [2.45, 2.75) is 17.1 Å². The molecule has 0 radical (unpaired) electrons. The van der Waals surface area contributed by atoms with Gasteiger partial charge < -0.3 is 0 Å². The summed E-state index contributed by atoms with van der Waals surface area (Å²) in [5.41, 5.74) is 1.47. The highest BCUT2D eigenvalue weighted by Gasteiger charge is 2.35. The summed E-state index contributed by atoms with van der Waals surface area (Å²) in [6.07, 6.45) is 0. The fraction of sp³-hybridized carbons (Fsp3) is 0.125. The Kier molecular flexibility index (Phi) is 4.12. The van der Waals surface area contributed by atoms with E-state index in [-0.39, 0.29) is 11.6 Å². The highest BCUT2D eigenvalue weighted by atomic mass is 32.2. The van der Waals surface area contributed by atoms with Gasteiger partial charge in [0.1, 0.15) is 5.25 Å². The predicted molar refractivity (Wildman–Crippen MR) is 89.8 cm³/mol. The summed E-state index contributed by atoms with van der Waals surface area (Å²) in [6.45, 7) is 1.81. The summed E-state index contributed by atoms with van der Waals surface area (Å²) in [6, 6.07) is 15.4. The lowest BCUT2D eigenvalue weighted by Gasteiger charge is -2.14. The van der Waals surface area contributed by atoms with Gasteiger partial charge in [-0.15, -0.1) is 11.8 Å². The monoisotopic (exact) mass is 327 g/mol. The molecule has 116 valence electrons. The van der Waals surface area contributed by atoms with Crippen LogP contribution in [0.25, 0.3) is 0 Å². The molecule has 0 aromatic heterocycles. The van der Waals surface area contributed by atoms with E-state index in [1.807, 2.05) is 37.3 Å². The van der Waals surface area contributed by atoms with Gasteiger partial charge in [-0.25, -0.2) is 0 Å². The first-order valence-corrected chi connectivity index (χ1v) is 7.79. The molecule has 2 aromatic carbocycles. The molecule has 0 spiro atoms. The Bertz CT molecular complexity index is 775. The molecule has 2 aromatic rings. The molecule has 1 aliphatic heterocycles. The molecule has 0 bridgehead atoms. The van der Waals surface area contributed by atoms with Gasteiger partial charge >= 0.3 is 0 Å². The number of anilines is 1. The Morgan fingerprint density at radius 3 is 2.39 bits per heavy atom. The van der Waals surface area contributed by atoms with Gasteiger partial charge in [0.05, 0.1) is 16.3 Å². The highest BCUT2D eigenvalue weighted by molar-refractivity contribution is 8.01. The molecule has 1 aliphatic rings. The van der Waals surface area contributed by atoms with E-state index in [0.29, 0.717) is 5.71 Å². The zero-order valence-electron chi connectivity index (χ0n) is 12.2. The molecule has 1 amide bonds. The number of hydrazone groups is 1. The Balaban J connectivity index is 1.78. The Hall–Kier alpha value is -2.67. The predicted octanol–water partition coefficient (Wildman–Crippen LogP) is 3.48. The van der Waals surface area contributed by atoms with Crippen LogP contribution in [-0.4, -0.2) is 21.8 Å². The number of para-hydroxylation sites is 1. The second-order valence-corrected chi connectivity index (χ2v) is 6.15. The minimum absolute atomic E-state index is 0.0309. The van der Waals surface area contributed by atoms with Gasteiger partial charge in [0, 0.05) is 17.0 Å². The maximum atomic E-state index is 12.6. The van der Waals surface area contributed by atoms with Gasteiger partial charge in [-0.05, 0) is 31.2 Å². The molecule has 0 saturated heterocycles. The minimum Gasteiger partial charge on any atom is -0.271 e. The fourth-order valence-electron chi connectivity index (χ4n) is 2.22. The van der Waals surface area contributed by atoms with Gasteiger partial charge in [-0.1, -0.05) is 18.2 Å². The number of nitro benzene ring substituents is 1. The van der Waals surface area contributed by atoms with Crippen LogP contribution in [0.15, 0.2) is 64.6 Å². The first-order chi connectivity index (χ1) is 11.1. The number of carbonyl (C=O) groups is 1. The quantitative estimate of drug-likeness (QED) is 0.636. The maximum absolute atomic E-state index is 12.6. The zero-order chi connectivity index (χ0) is 16.4. The fourth-order valence-corrected chi connectivity index (χ4v) is 3.21. The molecule has 3 rings (SSSR count). The van der Waals surface area contributed by atoms with E-state index in [1.54, 1.807) is 12.1 Å². The smallest absolute Gasteiger partial charge is 0.269 e. The van der Waals surface area contributed by atoms with Crippen LogP contribution < -0.4 is 5.01 Å². The summed E-state index contributed by atoms with van der Waals surface area (Å²) < 4.78 is 0. The number of rotatable bonds is 4. The second-order valence-electron chi connectivity index (χ2n) is 4.98. The van der Waals surface area contributed by atoms with Crippen molar-refractivity contribution < 1.29 is 9.72 Å². The molecule has 0 N–H and O–H groups in total. The van der Waals surface area contributed by atoms with Gasteiger partial charge in [0.15, 0.2) is 0 Å². The number of nitro groups is 1. The summed E-state index contributed by atoms with van der Waals surface area (Å²) in [7, 11) is 0. The molecule has 23 heavy (non-hydrogen) atoms. The van der Waals surface area contributed by atoms with E-state index >= 15 is 0 Å². The van der Waals surface area contributed by atoms with Crippen LogP contribution in [0, 0.1) is 10.1 Å². The number of hydrogen-bond donors (Lipinski definition) is 0. The number of benzene rings is 2. The summed E-state index contributed by atoms with van der Waals surface area (Å²) in [5.74, 6) is -0.114. The van der Waals surface area contributed by atoms with Crippen LogP contribution in [0.2, 0.25) is 0 Å². The Morgan fingerprint density at radius 2 is 1.78 bits per heavy atom. The van der Waals surface area contributed by atoms with E-state index in [0.717, 1.165) is 10.6 Å². The van der Waals surface area contributed by atoms with Crippen LogP contribution in [0.3, 0.4) is 0 Å². The Morgan fingerprint density at radius 1 is 1.13 bits per heavy atom. The average molecular weight is 327 g/mol. The lowest BCUT2D eigenvalue weighted by molar-refractivity contribution is -0.384. The molecule has 7 heteroatoms. The van der Waals surface area contributed by atoms with Crippen molar-refractivity contribution >= 4 is 34.8 Å². The number of non-ortho nitro benzene ring substituents is 1. The number of hydrogen-bond acceptors (Lipinski definition) is 5. The number of amides is 1. The van der Waals surface area contributed by atoms with E-state index in [4.69, 9.17) is 0 Å². The van der Waals surface area contributed by atoms with E-state index in [1.165, 1.54) is 28.9 Å². The van der Waals surface area contributed by atoms with Crippen LogP contribution >= 0.6 is 11.8 Å². The largest absolute Gasteiger partial charge is 0.271 e. The SMILES string of the molecule is CC1=NN(c2ccccc2)C(=O)[C@@H]1Sc1ccc([N+](=O)[O-])cc1. The summed E-state index contributed by atoms with van der Waals surface area (Å²) >= 11 is 1.34. The standard InChI is InChI=1S/C16H13N3O3S/c1-11-15(23-14-9-7-13(8-10-14)19(21)22)16(20)18(17-11)12-5-3-2-4-6-12/h2-10,15H,1H3/t15-/m1/s1. The summed E-state index contributed by atoms with van der Waals surface area (Å²) in [4.78, 5) is 23.6. The molecule has 6 nitrogen and oxygen atoms in total. The molecule has 1 heterocycles. The minimum atomic E-state index is -0.445. The van der Waals surface area contributed by atoms with Gasteiger partial charge in [0.25, 0.3) is 11.6 Å². The van der Waals surface area contributed by atoms with Crippen molar-refractivity contribution in [1.29, 1.82) is 0 Å². The van der Waals surface area contributed by atoms with Crippen LogP contribution in [0.4, 0.5) is 11.4 Å². The van der Waals surface area contributed by atoms with E-state index in [2.05, 4.69) is 5.10 Å².